The lowest BCUT2D eigenvalue weighted by molar-refractivity contribution is 0.376. The molecule has 0 saturated carbocycles. The summed E-state index contributed by atoms with van der Waals surface area (Å²) in [6, 6.07) is 12.0. The van der Waals surface area contributed by atoms with E-state index < -0.39 is 0 Å². The number of thiocarbonyl (C=S) groups is 1. The van der Waals surface area contributed by atoms with Crippen LogP contribution in [0.15, 0.2) is 45.9 Å². The Kier molecular flexibility index (Phi) is 7.14. The standard InChI is InChI=1S/C20H23BrN2OS/c1-5-23(4)13-22-18-11-14(2)16(10-15(18)3)20(25)12-24-19-9-7-6-8-17(19)21/h6-11,13H,5,12H2,1-4H3. The average Bonchev–Trinajstić information content (AvgIpc) is 2.60. The van der Waals surface area contributed by atoms with Gasteiger partial charge in [0.05, 0.1) is 21.4 Å². The van der Waals surface area contributed by atoms with Gasteiger partial charge in [0, 0.05) is 13.6 Å². The van der Waals surface area contributed by atoms with E-state index in [0.717, 1.165) is 44.0 Å². The Morgan fingerprint density at radius 1 is 1.24 bits per heavy atom. The van der Waals surface area contributed by atoms with Crippen LogP contribution in [-0.4, -0.2) is 36.3 Å². The third-order valence-electron chi connectivity index (χ3n) is 3.93. The average molecular weight is 419 g/mol. The number of benzene rings is 2. The molecule has 0 amide bonds. The molecule has 0 aliphatic rings. The van der Waals surface area contributed by atoms with E-state index in [1.165, 1.54) is 0 Å². The topological polar surface area (TPSA) is 24.8 Å². The van der Waals surface area contributed by atoms with Gasteiger partial charge < -0.3 is 9.64 Å². The van der Waals surface area contributed by atoms with Crippen molar-refractivity contribution in [2.45, 2.75) is 20.8 Å². The van der Waals surface area contributed by atoms with Crippen LogP contribution in [0, 0.1) is 13.8 Å². The van der Waals surface area contributed by atoms with E-state index in [2.05, 4.69) is 53.8 Å². The summed E-state index contributed by atoms with van der Waals surface area (Å²) in [5.41, 5.74) is 4.22. The molecule has 0 atom stereocenters. The summed E-state index contributed by atoms with van der Waals surface area (Å²) in [6.45, 7) is 7.51. The van der Waals surface area contributed by atoms with E-state index in [0.29, 0.717) is 6.61 Å². The second kappa shape index (κ2) is 9.11. The molecule has 2 rings (SSSR count). The van der Waals surface area contributed by atoms with E-state index in [1.807, 2.05) is 42.6 Å². The highest BCUT2D eigenvalue weighted by atomic mass is 79.9. The van der Waals surface area contributed by atoms with Gasteiger partial charge in [-0.05, 0) is 77.7 Å². The Bertz CT molecular complexity index is 789. The first kappa shape index (κ1) is 19.6. The Balaban J connectivity index is 2.13. The number of ether oxygens (including phenoxy) is 1. The summed E-state index contributed by atoms with van der Waals surface area (Å²) < 4.78 is 6.77. The smallest absolute Gasteiger partial charge is 0.134 e. The Morgan fingerprint density at radius 3 is 2.64 bits per heavy atom. The monoisotopic (exact) mass is 418 g/mol. The van der Waals surface area contributed by atoms with Gasteiger partial charge in [0.1, 0.15) is 12.4 Å². The highest BCUT2D eigenvalue weighted by Gasteiger charge is 2.10. The Hall–Kier alpha value is -1.72. The first-order valence-electron chi connectivity index (χ1n) is 8.18. The highest BCUT2D eigenvalue weighted by molar-refractivity contribution is 9.10. The number of hydrogen-bond donors (Lipinski definition) is 0. The molecule has 0 heterocycles. The molecule has 2 aromatic carbocycles. The van der Waals surface area contributed by atoms with Gasteiger partial charge in [0.25, 0.3) is 0 Å². The molecule has 132 valence electrons. The minimum absolute atomic E-state index is 0.374. The summed E-state index contributed by atoms with van der Waals surface area (Å²) in [7, 11) is 2.01. The van der Waals surface area contributed by atoms with Gasteiger partial charge in [-0.15, -0.1) is 0 Å². The van der Waals surface area contributed by atoms with E-state index in [1.54, 1.807) is 0 Å². The van der Waals surface area contributed by atoms with Crippen molar-refractivity contribution >= 4 is 45.0 Å². The van der Waals surface area contributed by atoms with Crippen molar-refractivity contribution in [3.05, 3.63) is 57.6 Å². The van der Waals surface area contributed by atoms with Crippen LogP contribution in [0.1, 0.15) is 23.6 Å². The van der Waals surface area contributed by atoms with Crippen molar-refractivity contribution in [3.8, 4) is 5.75 Å². The number of hydrogen-bond acceptors (Lipinski definition) is 3. The number of nitrogens with zero attached hydrogens (tertiary/aromatic N) is 2. The number of aliphatic imine (C=N–C) groups is 1. The summed E-state index contributed by atoms with van der Waals surface area (Å²) in [6.07, 6.45) is 1.86. The summed E-state index contributed by atoms with van der Waals surface area (Å²) in [4.78, 5) is 7.39. The molecule has 0 aliphatic heterocycles. The zero-order chi connectivity index (χ0) is 18.4. The molecule has 5 heteroatoms. The molecule has 0 aromatic heterocycles. The maximum Gasteiger partial charge on any atom is 0.134 e. The molecule has 0 saturated heterocycles. The minimum atomic E-state index is 0.374. The molecule has 0 bridgehead atoms. The molecular weight excluding hydrogens is 396 g/mol. The van der Waals surface area contributed by atoms with Crippen LogP contribution in [0.5, 0.6) is 5.75 Å². The van der Waals surface area contributed by atoms with Crippen LogP contribution in [0.2, 0.25) is 0 Å². The van der Waals surface area contributed by atoms with Crippen LogP contribution in [0.25, 0.3) is 0 Å². The van der Waals surface area contributed by atoms with E-state index >= 15 is 0 Å². The maximum absolute atomic E-state index is 5.85. The lowest BCUT2D eigenvalue weighted by Crippen LogP contribution is -2.14. The number of rotatable bonds is 7. The Morgan fingerprint density at radius 2 is 1.96 bits per heavy atom. The van der Waals surface area contributed by atoms with Gasteiger partial charge in [-0.1, -0.05) is 24.4 Å². The second-order valence-corrected chi connectivity index (χ2v) is 7.26. The first-order chi connectivity index (χ1) is 11.9. The van der Waals surface area contributed by atoms with Gasteiger partial charge >= 0.3 is 0 Å². The largest absolute Gasteiger partial charge is 0.487 e. The predicted molar refractivity (Wildman–Crippen MR) is 114 cm³/mol. The molecule has 3 nitrogen and oxygen atoms in total. The van der Waals surface area contributed by atoms with Crippen LogP contribution < -0.4 is 4.74 Å². The summed E-state index contributed by atoms with van der Waals surface area (Å²) in [5.74, 6) is 0.794. The van der Waals surface area contributed by atoms with E-state index in [-0.39, 0.29) is 0 Å². The molecule has 0 unspecified atom stereocenters. The molecule has 0 aliphatic carbocycles. The molecule has 0 N–H and O–H groups in total. The first-order valence-corrected chi connectivity index (χ1v) is 9.38. The number of para-hydroxylation sites is 1. The number of halogens is 1. The molecule has 0 radical (unpaired) electrons. The second-order valence-electron chi connectivity index (χ2n) is 5.91. The molecule has 25 heavy (non-hydrogen) atoms. The predicted octanol–water partition coefficient (Wildman–Crippen LogP) is 5.47. The van der Waals surface area contributed by atoms with Crippen LogP contribution >= 0.6 is 28.1 Å². The van der Waals surface area contributed by atoms with Crippen molar-refractivity contribution in [1.82, 2.24) is 4.90 Å². The third-order valence-corrected chi connectivity index (χ3v) is 4.92. The molecule has 0 fully saturated rings. The lowest BCUT2D eigenvalue weighted by atomic mass is 10.0. The SMILES string of the molecule is CCN(C)C=Nc1cc(C)c(C(=S)COc2ccccc2Br)cc1C. The van der Waals surface area contributed by atoms with Gasteiger partial charge in [-0.3, -0.25) is 0 Å². The van der Waals surface area contributed by atoms with Gasteiger partial charge in [-0.2, -0.15) is 0 Å². The fourth-order valence-electron chi connectivity index (χ4n) is 2.27. The maximum atomic E-state index is 5.85. The van der Waals surface area contributed by atoms with Crippen molar-refractivity contribution in [2.24, 2.45) is 4.99 Å². The minimum Gasteiger partial charge on any atom is -0.487 e. The Labute approximate surface area is 163 Å². The fourth-order valence-corrected chi connectivity index (χ4v) is 2.94. The highest BCUT2D eigenvalue weighted by Crippen LogP contribution is 2.26. The van der Waals surface area contributed by atoms with Gasteiger partial charge in [-0.25, -0.2) is 4.99 Å². The van der Waals surface area contributed by atoms with E-state index in [4.69, 9.17) is 17.0 Å². The van der Waals surface area contributed by atoms with Crippen molar-refractivity contribution in [2.75, 3.05) is 20.2 Å². The lowest BCUT2D eigenvalue weighted by Gasteiger charge is -2.14. The van der Waals surface area contributed by atoms with Crippen molar-refractivity contribution in [3.63, 3.8) is 0 Å². The summed E-state index contributed by atoms with van der Waals surface area (Å²) in [5, 5.41) is 0. The van der Waals surface area contributed by atoms with Crippen LogP contribution in [0.4, 0.5) is 5.69 Å². The third kappa shape index (κ3) is 5.38. The van der Waals surface area contributed by atoms with E-state index in [9.17, 15) is 0 Å². The van der Waals surface area contributed by atoms with Crippen molar-refractivity contribution < 1.29 is 4.74 Å². The quantitative estimate of drug-likeness (QED) is 0.257. The summed E-state index contributed by atoms with van der Waals surface area (Å²) >= 11 is 9.08. The van der Waals surface area contributed by atoms with Crippen LogP contribution in [-0.2, 0) is 0 Å². The zero-order valence-corrected chi connectivity index (χ0v) is 17.4. The number of aryl methyl sites for hydroxylation is 2. The normalized spacial score (nSPS) is 10.9. The van der Waals surface area contributed by atoms with Crippen molar-refractivity contribution in [1.29, 1.82) is 0 Å². The molecular formula is C20H23BrN2OS. The fraction of sp³-hybridized carbons (Fsp3) is 0.300. The molecule has 2 aromatic rings. The molecule has 0 spiro atoms. The van der Waals surface area contributed by atoms with Crippen LogP contribution in [0.3, 0.4) is 0 Å². The zero-order valence-electron chi connectivity index (χ0n) is 15.0. The van der Waals surface area contributed by atoms with Gasteiger partial charge in [0.2, 0.25) is 0 Å². The van der Waals surface area contributed by atoms with Gasteiger partial charge in [0.15, 0.2) is 0 Å².